The number of ether oxygens (including phenoxy) is 1. The molecule has 3 atom stereocenters. The summed E-state index contributed by atoms with van der Waals surface area (Å²) in [5, 5.41) is 14.7. The second kappa shape index (κ2) is 6.05. The maximum absolute atomic E-state index is 11.6. The quantitative estimate of drug-likeness (QED) is 0.557. The number of carbonyl (C=O) groups excluding carboxylic acids is 1. The first kappa shape index (κ1) is 12.4. The van der Waals surface area contributed by atoms with Gasteiger partial charge in [-0.3, -0.25) is 4.79 Å². The number of carbonyl (C=O) groups is 1. The highest BCUT2D eigenvalue weighted by Gasteiger charge is 2.29. The van der Waals surface area contributed by atoms with E-state index in [0.29, 0.717) is 6.54 Å². The molecule has 0 bridgehead atoms. The number of amides is 1. The third-order valence-electron chi connectivity index (χ3n) is 2.68. The molecule has 1 fully saturated rings. The summed E-state index contributed by atoms with van der Waals surface area (Å²) < 4.78 is 5.16. The van der Waals surface area contributed by atoms with E-state index in [1.807, 2.05) is 6.92 Å². The van der Waals surface area contributed by atoms with E-state index >= 15 is 0 Å². The molecule has 3 N–H and O–H groups in total. The number of hydrogen-bond acceptors (Lipinski definition) is 4. The standard InChI is InChI=1S/C10H20N2O3/c1-7(6-13)4-12-10(14)9-3-8(15-2)5-11-9/h7-9,11,13H,3-6H2,1-2H3,(H,12,14). The smallest absolute Gasteiger partial charge is 0.237 e. The van der Waals surface area contributed by atoms with Gasteiger partial charge in [0.2, 0.25) is 5.91 Å². The first-order valence-electron chi connectivity index (χ1n) is 5.32. The molecule has 1 aliphatic heterocycles. The van der Waals surface area contributed by atoms with Gasteiger partial charge in [-0.05, 0) is 12.3 Å². The molecule has 0 aliphatic carbocycles. The van der Waals surface area contributed by atoms with Gasteiger partial charge in [0.05, 0.1) is 12.1 Å². The third kappa shape index (κ3) is 3.77. The zero-order valence-electron chi connectivity index (χ0n) is 9.32. The van der Waals surface area contributed by atoms with Gasteiger partial charge in [-0.15, -0.1) is 0 Å². The molecule has 15 heavy (non-hydrogen) atoms. The molecule has 0 saturated carbocycles. The van der Waals surface area contributed by atoms with Crippen LogP contribution in [0.25, 0.3) is 0 Å². The summed E-state index contributed by atoms with van der Waals surface area (Å²) >= 11 is 0. The predicted molar refractivity (Wildman–Crippen MR) is 56.5 cm³/mol. The van der Waals surface area contributed by atoms with E-state index in [-0.39, 0.29) is 30.6 Å². The molecule has 0 radical (unpaired) electrons. The Labute approximate surface area is 90.2 Å². The summed E-state index contributed by atoms with van der Waals surface area (Å²) in [7, 11) is 1.65. The molecule has 0 aromatic heterocycles. The minimum atomic E-state index is -0.152. The molecule has 0 spiro atoms. The van der Waals surface area contributed by atoms with E-state index in [9.17, 15) is 4.79 Å². The van der Waals surface area contributed by atoms with Crippen LogP contribution in [0.15, 0.2) is 0 Å². The van der Waals surface area contributed by atoms with Crippen molar-refractivity contribution in [2.75, 3.05) is 26.8 Å². The molecule has 88 valence electrons. The van der Waals surface area contributed by atoms with E-state index in [0.717, 1.165) is 13.0 Å². The van der Waals surface area contributed by atoms with Crippen molar-refractivity contribution in [3.05, 3.63) is 0 Å². The highest BCUT2D eigenvalue weighted by Crippen LogP contribution is 2.09. The van der Waals surface area contributed by atoms with E-state index in [2.05, 4.69) is 10.6 Å². The molecular formula is C10H20N2O3. The largest absolute Gasteiger partial charge is 0.396 e. The van der Waals surface area contributed by atoms with Gasteiger partial charge in [0.15, 0.2) is 0 Å². The highest BCUT2D eigenvalue weighted by atomic mass is 16.5. The van der Waals surface area contributed by atoms with Crippen LogP contribution in [0.3, 0.4) is 0 Å². The van der Waals surface area contributed by atoms with Crippen LogP contribution in [-0.4, -0.2) is 50.0 Å². The Balaban J connectivity index is 2.23. The Morgan fingerprint density at radius 3 is 3.00 bits per heavy atom. The van der Waals surface area contributed by atoms with Crippen molar-refractivity contribution in [3.63, 3.8) is 0 Å². The van der Waals surface area contributed by atoms with Crippen LogP contribution in [0, 0.1) is 5.92 Å². The van der Waals surface area contributed by atoms with Crippen molar-refractivity contribution in [2.24, 2.45) is 5.92 Å². The average molecular weight is 216 g/mol. The molecule has 0 aromatic carbocycles. The highest BCUT2D eigenvalue weighted by molar-refractivity contribution is 5.82. The third-order valence-corrected chi connectivity index (χ3v) is 2.68. The molecule has 3 unspecified atom stereocenters. The number of nitrogens with one attached hydrogen (secondary N) is 2. The lowest BCUT2D eigenvalue weighted by atomic mass is 10.1. The Morgan fingerprint density at radius 2 is 2.47 bits per heavy atom. The first-order valence-corrected chi connectivity index (χ1v) is 5.32. The van der Waals surface area contributed by atoms with Crippen molar-refractivity contribution in [1.29, 1.82) is 0 Å². The summed E-state index contributed by atoms with van der Waals surface area (Å²) in [5.74, 6) is 0.100. The Kier molecular flexibility index (Phi) is 5.01. The molecule has 1 rings (SSSR count). The number of hydrogen-bond donors (Lipinski definition) is 3. The van der Waals surface area contributed by atoms with Crippen LogP contribution in [0.4, 0.5) is 0 Å². The fourth-order valence-corrected chi connectivity index (χ4v) is 1.55. The van der Waals surface area contributed by atoms with Crippen molar-refractivity contribution in [3.8, 4) is 0 Å². The van der Waals surface area contributed by atoms with Gasteiger partial charge in [0.1, 0.15) is 0 Å². The van der Waals surface area contributed by atoms with Crippen LogP contribution in [-0.2, 0) is 9.53 Å². The van der Waals surface area contributed by atoms with Gasteiger partial charge in [0, 0.05) is 26.8 Å². The van der Waals surface area contributed by atoms with E-state index < -0.39 is 0 Å². The minimum Gasteiger partial charge on any atom is -0.396 e. The maximum atomic E-state index is 11.6. The van der Waals surface area contributed by atoms with Crippen molar-refractivity contribution < 1.29 is 14.6 Å². The SMILES string of the molecule is COC1CNC(C(=O)NCC(C)CO)C1. The monoisotopic (exact) mass is 216 g/mol. The molecule has 5 heteroatoms. The number of aliphatic hydroxyl groups is 1. The second-order valence-electron chi connectivity index (χ2n) is 4.09. The van der Waals surface area contributed by atoms with Crippen LogP contribution < -0.4 is 10.6 Å². The van der Waals surface area contributed by atoms with Gasteiger partial charge >= 0.3 is 0 Å². The second-order valence-corrected chi connectivity index (χ2v) is 4.09. The van der Waals surface area contributed by atoms with Gasteiger partial charge in [-0.25, -0.2) is 0 Å². The molecule has 1 aliphatic rings. The van der Waals surface area contributed by atoms with Gasteiger partial charge in [-0.2, -0.15) is 0 Å². The van der Waals surface area contributed by atoms with Gasteiger partial charge in [-0.1, -0.05) is 6.92 Å². The molecule has 1 heterocycles. The summed E-state index contributed by atoms with van der Waals surface area (Å²) in [6, 6.07) is -0.152. The fraction of sp³-hybridized carbons (Fsp3) is 0.900. The first-order chi connectivity index (χ1) is 7.17. The fourth-order valence-electron chi connectivity index (χ4n) is 1.55. The molecule has 1 amide bonds. The number of aliphatic hydroxyl groups excluding tert-OH is 1. The van der Waals surface area contributed by atoms with Crippen LogP contribution >= 0.6 is 0 Å². The Morgan fingerprint density at radius 1 is 1.73 bits per heavy atom. The zero-order chi connectivity index (χ0) is 11.3. The Bertz CT molecular complexity index is 211. The summed E-state index contributed by atoms with van der Waals surface area (Å²) in [6.07, 6.45) is 0.853. The topological polar surface area (TPSA) is 70.6 Å². The maximum Gasteiger partial charge on any atom is 0.237 e. The summed E-state index contributed by atoms with van der Waals surface area (Å²) in [5.41, 5.74) is 0. The predicted octanol–water partition coefficient (Wildman–Crippen LogP) is -0.892. The molecular weight excluding hydrogens is 196 g/mol. The molecule has 5 nitrogen and oxygen atoms in total. The van der Waals surface area contributed by atoms with E-state index in [1.54, 1.807) is 7.11 Å². The zero-order valence-corrected chi connectivity index (χ0v) is 9.32. The summed E-state index contributed by atoms with van der Waals surface area (Å²) in [6.45, 7) is 3.23. The lowest BCUT2D eigenvalue weighted by molar-refractivity contribution is -0.123. The van der Waals surface area contributed by atoms with Crippen molar-refractivity contribution >= 4 is 5.91 Å². The van der Waals surface area contributed by atoms with Crippen molar-refractivity contribution in [2.45, 2.75) is 25.5 Å². The Hall–Kier alpha value is -0.650. The molecule has 0 aromatic rings. The van der Waals surface area contributed by atoms with Crippen molar-refractivity contribution in [1.82, 2.24) is 10.6 Å². The normalized spacial score (nSPS) is 27.7. The minimum absolute atomic E-state index is 0.00477. The number of rotatable bonds is 5. The van der Waals surface area contributed by atoms with Gasteiger partial charge in [0.25, 0.3) is 0 Å². The number of methoxy groups -OCH3 is 1. The summed E-state index contributed by atoms with van der Waals surface area (Å²) in [4.78, 5) is 11.6. The average Bonchev–Trinajstić information content (AvgIpc) is 2.73. The van der Waals surface area contributed by atoms with Gasteiger partial charge < -0.3 is 20.5 Å². The molecule has 1 saturated heterocycles. The van der Waals surface area contributed by atoms with E-state index in [4.69, 9.17) is 9.84 Å². The van der Waals surface area contributed by atoms with Crippen LogP contribution in [0.5, 0.6) is 0 Å². The van der Waals surface area contributed by atoms with E-state index in [1.165, 1.54) is 0 Å². The lowest BCUT2D eigenvalue weighted by Crippen LogP contribution is -2.42. The van der Waals surface area contributed by atoms with Crippen LogP contribution in [0.2, 0.25) is 0 Å². The lowest BCUT2D eigenvalue weighted by Gasteiger charge is -2.13. The van der Waals surface area contributed by atoms with Crippen LogP contribution in [0.1, 0.15) is 13.3 Å².